The number of fused-ring (bicyclic) bond motifs is 3. The van der Waals surface area contributed by atoms with Crippen molar-refractivity contribution in [1.82, 2.24) is 9.58 Å². The molecule has 20 heavy (non-hydrogen) atoms. The fraction of sp³-hybridized carbons (Fsp3) is 0.235. The van der Waals surface area contributed by atoms with E-state index in [9.17, 15) is 0 Å². The van der Waals surface area contributed by atoms with Crippen molar-refractivity contribution in [3.05, 3.63) is 48.0 Å². The van der Waals surface area contributed by atoms with Crippen molar-refractivity contribution in [3.8, 4) is 0 Å². The van der Waals surface area contributed by atoms with Crippen LogP contribution in [0.2, 0.25) is 0 Å². The summed E-state index contributed by atoms with van der Waals surface area (Å²) in [5, 5.41) is 8.72. The highest BCUT2D eigenvalue weighted by Crippen LogP contribution is 2.29. The molecule has 102 valence electrons. The number of aromatic nitrogens is 1. The van der Waals surface area contributed by atoms with Crippen LogP contribution in [-0.4, -0.2) is 29.9 Å². The second-order valence-corrected chi connectivity index (χ2v) is 5.13. The maximum atomic E-state index is 4.31. The first kappa shape index (κ1) is 12.7. The normalized spacial score (nSPS) is 11.8. The van der Waals surface area contributed by atoms with Crippen molar-refractivity contribution in [2.75, 3.05) is 14.1 Å². The summed E-state index contributed by atoms with van der Waals surface area (Å²) in [7, 11) is 3.86. The molecule has 0 N–H and O–H groups in total. The van der Waals surface area contributed by atoms with Crippen LogP contribution in [0.15, 0.2) is 47.6 Å². The zero-order valence-corrected chi connectivity index (χ0v) is 12.2. The minimum absolute atomic E-state index is 0.981. The minimum Gasteiger partial charge on any atom is -0.341 e. The summed E-state index contributed by atoms with van der Waals surface area (Å²) in [6.07, 6.45) is 1.90. The van der Waals surface area contributed by atoms with Crippen molar-refractivity contribution >= 4 is 28.0 Å². The first-order chi connectivity index (χ1) is 9.70. The van der Waals surface area contributed by atoms with Gasteiger partial charge >= 0.3 is 0 Å². The standard InChI is InChI=1S/C17H19N3/c1-4-20-16-8-6-5-7-14(16)15-11-13(9-10-17(15)20)12-18-19(2)3/h5-12H,4H2,1-3H3/b18-12+. The third-order valence-corrected chi connectivity index (χ3v) is 3.55. The highest BCUT2D eigenvalue weighted by molar-refractivity contribution is 6.09. The zero-order valence-electron chi connectivity index (χ0n) is 12.2. The van der Waals surface area contributed by atoms with Crippen LogP contribution in [0, 0.1) is 0 Å². The van der Waals surface area contributed by atoms with Gasteiger partial charge in [-0.05, 0) is 30.7 Å². The molecule has 0 unspecified atom stereocenters. The van der Waals surface area contributed by atoms with E-state index >= 15 is 0 Å². The molecule has 0 amide bonds. The van der Waals surface area contributed by atoms with Crippen LogP contribution >= 0.6 is 0 Å². The van der Waals surface area contributed by atoms with Crippen molar-refractivity contribution in [1.29, 1.82) is 0 Å². The Balaban J connectivity index is 2.26. The number of nitrogens with zero attached hydrogens (tertiary/aromatic N) is 3. The van der Waals surface area contributed by atoms with Gasteiger partial charge in [0.1, 0.15) is 0 Å². The average Bonchev–Trinajstić information content (AvgIpc) is 2.78. The molecule has 1 aromatic heterocycles. The van der Waals surface area contributed by atoms with Gasteiger partial charge in [0.15, 0.2) is 0 Å². The molecule has 0 aliphatic heterocycles. The van der Waals surface area contributed by atoms with E-state index in [1.54, 1.807) is 5.01 Å². The number of hydrogen-bond acceptors (Lipinski definition) is 2. The molecule has 2 aromatic carbocycles. The van der Waals surface area contributed by atoms with Gasteiger partial charge in [-0.15, -0.1) is 0 Å². The molecule has 0 spiro atoms. The highest BCUT2D eigenvalue weighted by atomic mass is 15.4. The molecular formula is C17H19N3. The molecule has 3 nitrogen and oxygen atoms in total. The lowest BCUT2D eigenvalue weighted by molar-refractivity contribution is 0.440. The van der Waals surface area contributed by atoms with Gasteiger partial charge in [0.05, 0.1) is 6.21 Å². The van der Waals surface area contributed by atoms with Crippen LogP contribution in [0.4, 0.5) is 0 Å². The van der Waals surface area contributed by atoms with Gasteiger partial charge in [0.25, 0.3) is 0 Å². The van der Waals surface area contributed by atoms with Crippen molar-refractivity contribution in [3.63, 3.8) is 0 Å². The highest BCUT2D eigenvalue weighted by Gasteiger charge is 2.08. The van der Waals surface area contributed by atoms with Gasteiger partial charge in [-0.25, -0.2) is 0 Å². The maximum absolute atomic E-state index is 4.31. The van der Waals surface area contributed by atoms with Crippen LogP contribution in [-0.2, 0) is 6.54 Å². The number of para-hydroxylation sites is 1. The topological polar surface area (TPSA) is 20.5 Å². The van der Waals surface area contributed by atoms with Gasteiger partial charge < -0.3 is 9.58 Å². The lowest BCUT2D eigenvalue weighted by Crippen LogP contribution is -2.01. The van der Waals surface area contributed by atoms with E-state index < -0.39 is 0 Å². The maximum Gasteiger partial charge on any atom is 0.0542 e. The number of benzene rings is 2. The van der Waals surface area contributed by atoms with Gasteiger partial charge in [-0.1, -0.05) is 24.3 Å². The Hall–Kier alpha value is -2.29. The summed E-state index contributed by atoms with van der Waals surface area (Å²) >= 11 is 0. The molecule has 0 atom stereocenters. The molecule has 0 fully saturated rings. The zero-order chi connectivity index (χ0) is 14.1. The average molecular weight is 265 g/mol. The molecule has 3 heteroatoms. The van der Waals surface area contributed by atoms with E-state index in [1.807, 2.05) is 20.3 Å². The van der Waals surface area contributed by atoms with E-state index in [4.69, 9.17) is 0 Å². The van der Waals surface area contributed by atoms with Crippen molar-refractivity contribution < 1.29 is 0 Å². The van der Waals surface area contributed by atoms with Crippen LogP contribution in [0.5, 0.6) is 0 Å². The SMILES string of the molecule is CCn1c2ccccc2c2cc(/C=N/N(C)C)ccc21. The first-order valence-electron chi connectivity index (χ1n) is 6.93. The number of hydrogen-bond donors (Lipinski definition) is 0. The van der Waals surface area contributed by atoms with Gasteiger partial charge in [-0.2, -0.15) is 5.10 Å². The molecule has 0 saturated heterocycles. The fourth-order valence-electron chi connectivity index (χ4n) is 2.67. The summed E-state index contributed by atoms with van der Waals surface area (Å²) in [4.78, 5) is 0. The van der Waals surface area contributed by atoms with E-state index in [0.29, 0.717) is 0 Å². The molecular weight excluding hydrogens is 246 g/mol. The van der Waals surface area contributed by atoms with E-state index in [1.165, 1.54) is 21.8 Å². The first-order valence-corrected chi connectivity index (χ1v) is 6.93. The van der Waals surface area contributed by atoms with Crippen LogP contribution in [0.1, 0.15) is 12.5 Å². The van der Waals surface area contributed by atoms with Gasteiger partial charge in [-0.3, -0.25) is 0 Å². The van der Waals surface area contributed by atoms with Crippen molar-refractivity contribution in [2.45, 2.75) is 13.5 Å². The molecule has 0 saturated carbocycles. The Morgan fingerprint density at radius 3 is 2.55 bits per heavy atom. The molecule has 3 rings (SSSR count). The third-order valence-electron chi connectivity index (χ3n) is 3.55. The number of aryl methyl sites for hydroxylation is 1. The fourth-order valence-corrected chi connectivity index (χ4v) is 2.67. The van der Waals surface area contributed by atoms with Crippen LogP contribution < -0.4 is 0 Å². The Morgan fingerprint density at radius 2 is 1.80 bits per heavy atom. The summed E-state index contributed by atoms with van der Waals surface area (Å²) in [6, 6.07) is 15.1. The molecule has 3 aromatic rings. The molecule has 1 heterocycles. The molecule has 0 aliphatic rings. The lowest BCUT2D eigenvalue weighted by atomic mass is 10.1. The Morgan fingerprint density at radius 1 is 1.05 bits per heavy atom. The van der Waals surface area contributed by atoms with Gasteiger partial charge in [0.2, 0.25) is 0 Å². The minimum atomic E-state index is 0.981. The third kappa shape index (κ3) is 2.05. The Kier molecular flexibility index (Phi) is 3.18. The summed E-state index contributed by atoms with van der Waals surface area (Å²) in [5.74, 6) is 0. The second kappa shape index (κ2) is 5.00. The monoisotopic (exact) mass is 265 g/mol. The quantitative estimate of drug-likeness (QED) is 0.522. The smallest absolute Gasteiger partial charge is 0.0542 e. The Bertz CT molecular complexity index is 781. The largest absolute Gasteiger partial charge is 0.341 e. The van der Waals surface area contributed by atoms with Gasteiger partial charge in [0, 0.05) is 42.4 Å². The summed E-state index contributed by atoms with van der Waals surface area (Å²) in [5.41, 5.74) is 3.72. The van der Waals surface area contributed by atoms with E-state index in [-0.39, 0.29) is 0 Å². The number of hydrazone groups is 1. The number of rotatable bonds is 3. The summed E-state index contributed by atoms with van der Waals surface area (Å²) in [6.45, 7) is 3.17. The predicted octanol–water partition coefficient (Wildman–Crippen LogP) is 3.71. The Labute approximate surface area is 119 Å². The lowest BCUT2D eigenvalue weighted by Gasteiger charge is -2.04. The molecule has 0 aliphatic carbocycles. The molecule has 0 bridgehead atoms. The van der Waals surface area contributed by atoms with Crippen molar-refractivity contribution in [2.24, 2.45) is 5.10 Å². The predicted molar refractivity (Wildman–Crippen MR) is 86.4 cm³/mol. The van der Waals surface area contributed by atoms with E-state index in [2.05, 4.69) is 59.1 Å². The second-order valence-electron chi connectivity index (χ2n) is 5.13. The van der Waals surface area contributed by atoms with E-state index in [0.717, 1.165) is 12.1 Å². The summed E-state index contributed by atoms with van der Waals surface area (Å²) < 4.78 is 2.36. The van der Waals surface area contributed by atoms with Crippen LogP contribution in [0.3, 0.4) is 0 Å². The molecule has 0 radical (unpaired) electrons. The van der Waals surface area contributed by atoms with Crippen LogP contribution in [0.25, 0.3) is 21.8 Å².